The van der Waals surface area contributed by atoms with Crippen LogP contribution in [0.4, 0.5) is 11.6 Å². The maximum atomic E-state index is 5.42. The lowest BCUT2D eigenvalue weighted by Crippen LogP contribution is -2.24. The molecule has 0 saturated carbocycles. The molecule has 0 fully saturated rings. The van der Waals surface area contributed by atoms with E-state index in [2.05, 4.69) is 177 Å². The van der Waals surface area contributed by atoms with Crippen molar-refractivity contribution in [3.63, 3.8) is 0 Å². The number of H-pyrrole nitrogens is 2. The Kier molecular flexibility index (Phi) is 7.75. The number of hydrogen-bond donors (Lipinski definition) is 4. The van der Waals surface area contributed by atoms with Gasteiger partial charge in [0.1, 0.15) is 45.9 Å². The van der Waals surface area contributed by atoms with E-state index in [-0.39, 0.29) is 33.5 Å². The molecule has 3 aliphatic heterocycles. The fraction of sp³-hybridized carbons (Fsp3) is 0.375. The van der Waals surface area contributed by atoms with E-state index < -0.39 is 0 Å². The van der Waals surface area contributed by atoms with Gasteiger partial charge in [0, 0.05) is 32.7 Å². The molecule has 2 unspecified atom stereocenters. The largest absolute Gasteiger partial charge is 0.327 e. The topological polar surface area (TPSA) is 105 Å². The third-order valence-electron chi connectivity index (χ3n) is 11.8. The van der Waals surface area contributed by atoms with Crippen molar-refractivity contribution in [1.82, 2.24) is 20.6 Å². The van der Waals surface area contributed by atoms with Gasteiger partial charge >= 0.3 is 0 Å². The minimum atomic E-state index is -0.0947. The van der Waals surface area contributed by atoms with Crippen LogP contribution in [-0.2, 0) is 10.8 Å². The summed E-state index contributed by atoms with van der Waals surface area (Å²) in [5.41, 5.74) is 8.54. The van der Waals surface area contributed by atoms with Crippen molar-refractivity contribution in [2.24, 2.45) is 42.6 Å². The molecule has 0 radical (unpaired) electrons. The molecule has 2 aromatic carbocycles. The molecule has 9 rings (SSSR count). The lowest BCUT2D eigenvalue weighted by molar-refractivity contribution is 0.512. The number of nitrogens with zero attached hydrogens (tertiary/aromatic N) is 4. The quantitative estimate of drug-likeness (QED) is 0.144. The van der Waals surface area contributed by atoms with Gasteiger partial charge < -0.3 is 20.6 Å². The molecule has 4 N–H and O–H groups in total. The van der Waals surface area contributed by atoms with Gasteiger partial charge in [-0.1, -0.05) is 144 Å². The number of benzene rings is 2. The summed E-state index contributed by atoms with van der Waals surface area (Å²) >= 11 is 0. The first-order chi connectivity index (χ1) is 26.2. The molecule has 2 atom stereocenters. The summed E-state index contributed by atoms with van der Waals surface area (Å²) in [5.74, 6) is 4.57. The van der Waals surface area contributed by atoms with E-state index in [9.17, 15) is 0 Å². The Bertz CT molecular complexity index is 2770. The van der Waals surface area contributed by atoms with Crippen LogP contribution in [0.1, 0.15) is 94.2 Å². The van der Waals surface area contributed by atoms with Crippen molar-refractivity contribution in [3.05, 3.63) is 129 Å². The van der Waals surface area contributed by atoms with Crippen LogP contribution >= 0.6 is 0 Å². The minimum Gasteiger partial charge on any atom is -0.327 e. The van der Waals surface area contributed by atoms with Crippen LogP contribution < -0.4 is 21.6 Å². The van der Waals surface area contributed by atoms with Crippen LogP contribution in [-0.4, -0.2) is 21.6 Å². The Morgan fingerprint density at radius 3 is 1.66 bits per heavy atom. The molecule has 286 valence electrons. The first kappa shape index (κ1) is 36.2. The van der Waals surface area contributed by atoms with E-state index in [1.807, 2.05) is 0 Å². The number of rotatable bonds is 0. The monoisotopic (exact) mass is 742 g/mol. The Hall–Kier alpha value is -5.50. The Morgan fingerprint density at radius 2 is 1.04 bits per heavy atom. The van der Waals surface area contributed by atoms with Crippen molar-refractivity contribution >= 4 is 44.9 Å². The van der Waals surface area contributed by atoms with E-state index in [1.54, 1.807) is 0 Å². The highest BCUT2D eigenvalue weighted by atomic mass is 15.2. The molecule has 56 heavy (non-hydrogen) atoms. The number of aliphatic imine (C=N–C) groups is 2. The maximum Gasteiger partial charge on any atom is 0.142 e. The number of hydrogen-bond acceptors (Lipinski definition) is 6. The average molecular weight is 743 g/mol. The van der Waals surface area contributed by atoms with Crippen LogP contribution in [0.2, 0.25) is 0 Å². The van der Waals surface area contributed by atoms with Crippen molar-refractivity contribution < 1.29 is 0 Å². The molecule has 4 aromatic rings. The van der Waals surface area contributed by atoms with Gasteiger partial charge in [0.25, 0.3) is 0 Å². The van der Waals surface area contributed by atoms with Crippen LogP contribution in [0.3, 0.4) is 0 Å². The molecule has 5 aliphatic rings. The van der Waals surface area contributed by atoms with Crippen LogP contribution in [0, 0.1) is 22.7 Å². The Morgan fingerprint density at radius 1 is 0.482 bits per heavy atom. The summed E-state index contributed by atoms with van der Waals surface area (Å²) in [6.45, 7) is 27.0. The smallest absolute Gasteiger partial charge is 0.142 e. The first-order valence-corrected chi connectivity index (χ1v) is 20.0. The second-order valence-electron chi connectivity index (χ2n) is 20.1. The Balaban J connectivity index is 1.37. The molecule has 2 aliphatic carbocycles. The van der Waals surface area contributed by atoms with E-state index in [1.165, 1.54) is 22.3 Å². The standard InChI is InChI=1S/C48H54N8/c1-45(2,3)25-13-17-29-33(21-25)41-49-37(29)54-42-35-23-27(47(7,8)9)15-19-31(35)39(51-42)56-44-36-24-28(48(10,11)12)16-20-32(36)40(52-44)55-43-34-22-26(46(4,5)6)14-18-30(34)38(50-43)53-41/h13-24,29,36,51H,1-12H3,(H,49,54)(H,52,56)(H,50,53,55). The zero-order chi connectivity index (χ0) is 39.7. The molecule has 2 aromatic heterocycles. The van der Waals surface area contributed by atoms with E-state index >= 15 is 0 Å². The summed E-state index contributed by atoms with van der Waals surface area (Å²) in [7, 11) is 0. The number of allylic oxidation sites excluding steroid dienone is 6. The van der Waals surface area contributed by atoms with Crippen molar-refractivity contribution in [3.8, 4) is 0 Å². The molecule has 0 amide bonds. The summed E-state index contributed by atoms with van der Waals surface area (Å²) in [5, 5.41) is 11.5. The van der Waals surface area contributed by atoms with Crippen LogP contribution in [0.15, 0.2) is 127 Å². The third kappa shape index (κ3) is 6.05. The van der Waals surface area contributed by atoms with Gasteiger partial charge in [0.15, 0.2) is 0 Å². The molecule has 8 bridgehead atoms. The number of amidine groups is 2. The van der Waals surface area contributed by atoms with Crippen LogP contribution in [0.5, 0.6) is 0 Å². The molecular weight excluding hydrogens is 689 g/mol. The SMILES string of the molecule is CC(C)(C)C1=CC2=C3N=c4[nH]c(c5cc(C(C)(C)C)ccc45)=NC4=C5C=CC(C(C)(C)C)=CC5C(=Nc5[nH]c(c6cc(C(C)(C)C)ccc56)N=C(N3)C2C=C1)N4. The maximum absolute atomic E-state index is 5.42. The van der Waals surface area contributed by atoms with Gasteiger partial charge in [-0.15, -0.1) is 0 Å². The first-order valence-electron chi connectivity index (χ1n) is 20.0. The van der Waals surface area contributed by atoms with Crippen molar-refractivity contribution in [2.45, 2.75) is 93.9 Å². The average Bonchev–Trinajstić information content (AvgIpc) is 3.84. The number of nitrogens with one attached hydrogen (secondary N) is 4. The number of fused-ring (bicyclic) bond motifs is 18. The van der Waals surface area contributed by atoms with Gasteiger partial charge in [-0.25, -0.2) is 20.0 Å². The van der Waals surface area contributed by atoms with Gasteiger partial charge in [-0.05, 0) is 56.1 Å². The highest BCUT2D eigenvalue weighted by Gasteiger charge is 2.35. The normalized spacial score (nSPS) is 20.9. The van der Waals surface area contributed by atoms with E-state index in [4.69, 9.17) is 20.0 Å². The second kappa shape index (κ2) is 12.0. The second-order valence-corrected chi connectivity index (χ2v) is 20.1. The number of aromatic amines is 2. The summed E-state index contributed by atoms with van der Waals surface area (Å²) in [4.78, 5) is 29.0. The summed E-state index contributed by atoms with van der Waals surface area (Å²) < 4.78 is 0. The predicted octanol–water partition coefficient (Wildman–Crippen LogP) is 10.2. The van der Waals surface area contributed by atoms with Gasteiger partial charge in [0.05, 0.1) is 11.8 Å². The summed E-state index contributed by atoms with van der Waals surface area (Å²) in [6, 6.07) is 13.4. The van der Waals surface area contributed by atoms with Crippen molar-refractivity contribution in [1.29, 1.82) is 0 Å². The Labute approximate surface area is 329 Å². The van der Waals surface area contributed by atoms with Crippen molar-refractivity contribution in [2.75, 3.05) is 0 Å². The van der Waals surface area contributed by atoms with Gasteiger partial charge in [-0.3, -0.25) is 0 Å². The van der Waals surface area contributed by atoms with E-state index in [0.717, 1.165) is 78.6 Å². The fourth-order valence-corrected chi connectivity index (χ4v) is 8.15. The van der Waals surface area contributed by atoms with Gasteiger partial charge in [0.2, 0.25) is 0 Å². The molecular formula is C48H54N8. The fourth-order valence-electron chi connectivity index (χ4n) is 8.15. The lowest BCUT2D eigenvalue weighted by Gasteiger charge is -2.25. The van der Waals surface area contributed by atoms with Gasteiger partial charge in [-0.2, -0.15) is 0 Å². The lowest BCUT2D eigenvalue weighted by atomic mass is 9.80. The summed E-state index contributed by atoms with van der Waals surface area (Å²) in [6.07, 6.45) is 13.6. The van der Waals surface area contributed by atoms with Crippen LogP contribution in [0.25, 0.3) is 21.5 Å². The third-order valence-corrected chi connectivity index (χ3v) is 11.8. The highest BCUT2D eigenvalue weighted by molar-refractivity contribution is 6.06. The molecule has 0 spiro atoms. The molecule has 5 heterocycles. The number of aromatic nitrogens is 2. The van der Waals surface area contributed by atoms with E-state index in [0.29, 0.717) is 0 Å². The molecule has 0 saturated heterocycles. The minimum absolute atomic E-state index is 0.0281. The highest BCUT2D eigenvalue weighted by Crippen LogP contribution is 2.43. The zero-order valence-electron chi connectivity index (χ0n) is 34.9. The molecule has 8 heteroatoms. The molecule has 8 nitrogen and oxygen atoms in total. The predicted molar refractivity (Wildman–Crippen MR) is 231 cm³/mol. The zero-order valence-corrected chi connectivity index (χ0v) is 34.9.